The third-order valence-corrected chi connectivity index (χ3v) is 3.92. The number of aromatic amines is 1. The molecule has 1 saturated heterocycles. The number of hydrogen-bond donors (Lipinski definition) is 1. The Balaban J connectivity index is 1.63. The lowest BCUT2D eigenvalue weighted by atomic mass is 10.1. The van der Waals surface area contributed by atoms with Crippen molar-refractivity contribution in [2.45, 2.75) is 25.4 Å². The predicted octanol–water partition coefficient (Wildman–Crippen LogP) is 2.99. The molecular formula is C16H15FN4O2. The summed E-state index contributed by atoms with van der Waals surface area (Å²) in [5, 5.41) is 10.8. The van der Waals surface area contributed by atoms with E-state index in [0.717, 1.165) is 19.4 Å². The fourth-order valence-electron chi connectivity index (χ4n) is 2.77. The molecule has 1 fully saturated rings. The normalized spacial score (nSPS) is 17.7. The van der Waals surface area contributed by atoms with E-state index in [4.69, 9.17) is 9.26 Å². The fraction of sp³-hybridized carbons (Fsp3) is 0.312. The standard InChI is InChI=1S/C16H15FN4O2/c17-13-6-2-1-5-11(13)15-12(9-18-20-15)16-19-14(21-23-16)8-10-4-3-7-22-10/h1-2,5-6,9-10H,3-4,7-8H2,(H,18,20)/t10-/m1/s1. The number of nitrogens with one attached hydrogen (secondary N) is 1. The number of benzene rings is 1. The van der Waals surface area contributed by atoms with Gasteiger partial charge < -0.3 is 9.26 Å². The minimum absolute atomic E-state index is 0.149. The van der Waals surface area contributed by atoms with Crippen molar-refractivity contribution in [1.29, 1.82) is 0 Å². The molecule has 1 aromatic carbocycles. The highest BCUT2D eigenvalue weighted by atomic mass is 19.1. The molecule has 0 amide bonds. The van der Waals surface area contributed by atoms with Gasteiger partial charge in [-0.2, -0.15) is 10.1 Å². The van der Waals surface area contributed by atoms with Crippen LogP contribution in [0.1, 0.15) is 18.7 Å². The van der Waals surface area contributed by atoms with E-state index in [1.54, 1.807) is 24.4 Å². The molecule has 0 bridgehead atoms. The van der Waals surface area contributed by atoms with Crippen LogP contribution in [0.5, 0.6) is 0 Å². The van der Waals surface area contributed by atoms with E-state index in [2.05, 4.69) is 20.3 Å². The Bertz CT molecular complexity index is 808. The number of rotatable bonds is 4. The summed E-state index contributed by atoms with van der Waals surface area (Å²) >= 11 is 0. The molecule has 1 aliphatic rings. The highest BCUT2D eigenvalue weighted by Gasteiger charge is 2.22. The molecule has 1 N–H and O–H groups in total. The van der Waals surface area contributed by atoms with Crippen LogP contribution < -0.4 is 0 Å². The molecule has 1 atom stereocenters. The minimum Gasteiger partial charge on any atom is -0.378 e. The van der Waals surface area contributed by atoms with Crippen LogP contribution in [0.15, 0.2) is 35.0 Å². The van der Waals surface area contributed by atoms with Crippen LogP contribution in [0.2, 0.25) is 0 Å². The lowest BCUT2D eigenvalue weighted by molar-refractivity contribution is 0.109. The first-order chi connectivity index (χ1) is 11.3. The van der Waals surface area contributed by atoms with E-state index < -0.39 is 0 Å². The maximum atomic E-state index is 14.0. The zero-order chi connectivity index (χ0) is 15.6. The monoisotopic (exact) mass is 314 g/mol. The van der Waals surface area contributed by atoms with Gasteiger partial charge in [0, 0.05) is 18.6 Å². The Kier molecular flexibility index (Phi) is 3.63. The van der Waals surface area contributed by atoms with E-state index in [1.165, 1.54) is 6.07 Å². The van der Waals surface area contributed by atoms with Crippen LogP contribution in [0.4, 0.5) is 4.39 Å². The summed E-state index contributed by atoms with van der Waals surface area (Å²) in [5.41, 5.74) is 1.52. The third kappa shape index (κ3) is 2.75. The Morgan fingerprint density at radius 3 is 3.00 bits per heavy atom. The van der Waals surface area contributed by atoms with Gasteiger partial charge in [0.2, 0.25) is 0 Å². The van der Waals surface area contributed by atoms with Crippen LogP contribution in [0.3, 0.4) is 0 Å². The van der Waals surface area contributed by atoms with Gasteiger partial charge >= 0.3 is 0 Å². The van der Waals surface area contributed by atoms with Crippen molar-refractivity contribution in [3.8, 4) is 22.7 Å². The van der Waals surface area contributed by atoms with Crippen molar-refractivity contribution in [3.63, 3.8) is 0 Å². The van der Waals surface area contributed by atoms with Gasteiger partial charge in [-0.25, -0.2) is 4.39 Å². The second-order valence-electron chi connectivity index (χ2n) is 5.49. The zero-order valence-electron chi connectivity index (χ0n) is 12.3. The molecule has 3 aromatic rings. The van der Waals surface area contributed by atoms with Crippen molar-refractivity contribution in [2.75, 3.05) is 6.61 Å². The lowest BCUT2D eigenvalue weighted by Gasteiger charge is -2.04. The topological polar surface area (TPSA) is 76.8 Å². The smallest absolute Gasteiger partial charge is 0.261 e. The van der Waals surface area contributed by atoms with Gasteiger partial charge in [-0.1, -0.05) is 17.3 Å². The van der Waals surface area contributed by atoms with Crippen molar-refractivity contribution in [1.82, 2.24) is 20.3 Å². The lowest BCUT2D eigenvalue weighted by Crippen LogP contribution is -2.09. The van der Waals surface area contributed by atoms with Gasteiger partial charge in [-0.05, 0) is 25.0 Å². The molecule has 4 rings (SSSR count). The Hall–Kier alpha value is -2.54. The molecule has 118 valence electrons. The number of H-pyrrole nitrogens is 1. The summed E-state index contributed by atoms with van der Waals surface area (Å²) in [6.07, 6.45) is 4.40. The van der Waals surface area contributed by atoms with Crippen LogP contribution in [-0.2, 0) is 11.2 Å². The number of ether oxygens (including phenoxy) is 1. The molecule has 0 saturated carbocycles. The van der Waals surface area contributed by atoms with E-state index in [9.17, 15) is 4.39 Å². The van der Waals surface area contributed by atoms with E-state index in [-0.39, 0.29) is 11.9 Å². The van der Waals surface area contributed by atoms with Gasteiger partial charge in [0.15, 0.2) is 5.82 Å². The average Bonchev–Trinajstić information content (AvgIpc) is 3.28. The maximum absolute atomic E-state index is 14.0. The molecule has 23 heavy (non-hydrogen) atoms. The fourth-order valence-corrected chi connectivity index (χ4v) is 2.77. The first-order valence-corrected chi connectivity index (χ1v) is 7.54. The van der Waals surface area contributed by atoms with E-state index in [0.29, 0.717) is 35.0 Å². The molecule has 0 aliphatic carbocycles. The van der Waals surface area contributed by atoms with Crippen molar-refractivity contribution < 1.29 is 13.7 Å². The minimum atomic E-state index is -0.336. The average molecular weight is 314 g/mol. The van der Waals surface area contributed by atoms with E-state index in [1.807, 2.05) is 0 Å². The Labute approximate surface area is 131 Å². The molecular weight excluding hydrogens is 299 g/mol. The largest absolute Gasteiger partial charge is 0.378 e. The number of nitrogens with zero attached hydrogens (tertiary/aromatic N) is 3. The highest BCUT2D eigenvalue weighted by Crippen LogP contribution is 2.30. The van der Waals surface area contributed by atoms with Crippen LogP contribution in [0, 0.1) is 5.82 Å². The van der Waals surface area contributed by atoms with Crippen LogP contribution in [0.25, 0.3) is 22.7 Å². The molecule has 7 heteroatoms. The molecule has 0 radical (unpaired) electrons. The summed E-state index contributed by atoms with van der Waals surface area (Å²) in [5.74, 6) is 0.578. The molecule has 3 heterocycles. The molecule has 1 aliphatic heterocycles. The summed E-state index contributed by atoms with van der Waals surface area (Å²) in [6, 6.07) is 6.48. The second kappa shape index (κ2) is 5.92. The van der Waals surface area contributed by atoms with Crippen molar-refractivity contribution >= 4 is 0 Å². The third-order valence-electron chi connectivity index (χ3n) is 3.92. The Morgan fingerprint density at radius 1 is 1.26 bits per heavy atom. The predicted molar refractivity (Wildman–Crippen MR) is 80.0 cm³/mol. The van der Waals surface area contributed by atoms with Gasteiger partial charge in [0.25, 0.3) is 5.89 Å². The number of aromatic nitrogens is 4. The zero-order valence-corrected chi connectivity index (χ0v) is 12.3. The molecule has 6 nitrogen and oxygen atoms in total. The van der Waals surface area contributed by atoms with Gasteiger partial charge in [-0.3, -0.25) is 5.10 Å². The van der Waals surface area contributed by atoms with Crippen molar-refractivity contribution in [3.05, 3.63) is 42.1 Å². The Morgan fingerprint density at radius 2 is 2.17 bits per heavy atom. The quantitative estimate of drug-likeness (QED) is 0.801. The van der Waals surface area contributed by atoms with Crippen LogP contribution in [-0.4, -0.2) is 33.0 Å². The van der Waals surface area contributed by atoms with Gasteiger partial charge in [0.05, 0.1) is 23.6 Å². The second-order valence-corrected chi connectivity index (χ2v) is 5.49. The highest BCUT2D eigenvalue weighted by molar-refractivity contribution is 5.76. The van der Waals surface area contributed by atoms with Crippen molar-refractivity contribution in [2.24, 2.45) is 0 Å². The SMILES string of the molecule is Fc1ccccc1-c1[nH]ncc1-c1nc(C[C@H]2CCCO2)no1. The van der Waals surface area contributed by atoms with Crippen LogP contribution >= 0.6 is 0 Å². The summed E-state index contributed by atoms with van der Waals surface area (Å²) in [4.78, 5) is 4.39. The molecule has 2 aromatic heterocycles. The summed E-state index contributed by atoms with van der Waals surface area (Å²) < 4.78 is 24.9. The van der Waals surface area contributed by atoms with Gasteiger partial charge in [-0.15, -0.1) is 0 Å². The summed E-state index contributed by atoms with van der Waals surface area (Å²) in [6.45, 7) is 0.786. The van der Waals surface area contributed by atoms with Gasteiger partial charge in [0.1, 0.15) is 5.82 Å². The number of hydrogen-bond acceptors (Lipinski definition) is 5. The van der Waals surface area contributed by atoms with E-state index >= 15 is 0 Å². The molecule has 0 unspecified atom stereocenters. The first kappa shape index (κ1) is 14.1. The number of halogens is 1. The first-order valence-electron chi connectivity index (χ1n) is 7.54. The summed E-state index contributed by atoms with van der Waals surface area (Å²) in [7, 11) is 0. The maximum Gasteiger partial charge on any atom is 0.261 e. The molecule has 0 spiro atoms.